The van der Waals surface area contributed by atoms with Crippen LogP contribution in [0.25, 0.3) is 21.0 Å². The number of benzene rings is 1. The molecule has 0 aliphatic heterocycles. The first-order chi connectivity index (χ1) is 12.1. The number of hydrogen-bond donors (Lipinski definition) is 1. The van der Waals surface area contributed by atoms with E-state index in [9.17, 15) is 4.79 Å². The summed E-state index contributed by atoms with van der Waals surface area (Å²) in [5.74, 6) is 0.762. The third kappa shape index (κ3) is 4.08. The van der Waals surface area contributed by atoms with Crippen molar-refractivity contribution >= 4 is 27.5 Å². The van der Waals surface area contributed by atoms with Crippen LogP contribution in [0.1, 0.15) is 31.3 Å². The summed E-state index contributed by atoms with van der Waals surface area (Å²) in [6.45, 7) is 8.83. The lowest BCUT2D eigenvalue weighted by molar-refractivity contribution is 0.0919. The fourth-order valence-electron chi connectivity index (χ4n) is 2.73. The second kappa shape index (κ2) is 7.80. The van der Waals surface area contributed by atoms with Gasteiger partial charge in [0.2, 0.25) is 0 Å². The zero-order chi connectivity index (χ0) is 17.8. The van der Waals surface area contributed by atoms with E-state index in [-0.39, 0.29) is 5.91 Å². The summed E-state index contributed by atoms with van der Waals surface area (Å²) in [4.78, 5) is 19.1. The van der Waals surface area contributed by atoms with Crippen LogP contribution in [0, 0.1) is 0 Å². The van der Waals surface area contributed by atoms with Gasteiger partial charge in [-0.3, -0.25) is 9.69 Å². The number of thiazole rings is 1. The SMILES string of the molecule is CCN(CCNC(=O)c1ccc(-c2nc3ccccc3s2)o1)C(C)C. The van der Waals surface area contributed by atoms with Crippen LogP contribution in [-0.4, -0.2) is 41.5 Å². The smallest absolute Gasteiger partial charge is 0.287 e. The molecule has 1 aromatic carbocycles. The number of fused-ring (bicyclic) bond motifs is 1. The molecule has 0 spiro atoms. The van der Waals surface area contributed by atoms with Gasteiger partial charge in [-0.1, -0.05) is 19.1 Å². The third-order valence-electron chi connectivity index (χ3n) is 4.16. The van der Waals surface area contributed by atoms with Gasteiger partial charge in [0, 0.05) is 19.1 Å². The van der Waals surface area contributed by atoms with Gasteiger partial charge in [0.15, 0.2) is 16.5 Å². The van der Waals surface area contributed by atoms with Crippen molar-refractivity contribution in [1.82, 2.24) is 15.2 Å². The Hall–Kier alpha value is -2.18. The largest absolute Gasteiger partial charge is 0.448 e. The van der Waals surface area contributed by atoms with E-state index in [4.69, 9.17) is 4.42 Å². The van der Waals surface area contributed by atoms with Gasteiger partial charge in [-0.25, -0.2) is 4.98 Å². The van der Waals surface area contributed by atoms with Crippen molar-refractivity contribution in [2.24, 2.45) is 0 Å². The molecule has 25 heavy (non-hydrogen) atoms. The first-order valence-corrected chi connectivity index (χ1v) is 9.38. The van der Waals surface area contributed by atoms with Gasteiger partial charge in [0.05, 0.1) is 10.2 Å². The minimum absolute atomic E-state index is 0.188. The molecule has 0 aliphatic rings. The fraction of sp³-hybridized carbons (Fsp3) is 0.368. The zero-order valence-electron chi connectivity index (χ0n) is 14.8. The highest BCUT2D eigenvalue weighted by Gasteiger charge is 2.15. The summed E-state index contributed by atoms with van der Waals surface area (Å²) in [6, 6.07) is 11.9. The molecular weight excluding hydrogens is 334 g/mol. The Morgan fingerprint density at radius 2 is 2.08 bits per heavy atom. The summed E-state index contributed by atoms with van der Waals surface area (Å²) >= 11 is 1.56. The molecule has 2 heterocycles. The Morgan fingerprint density at radius 1 is 1.28 bits per heavy atom. The molecule has 132 valence electrons. The Morgan fingerprint density at radius 3 is 2.80 bits per heavy atom. The van der Waals surface area contributed by atoms with Gasteiger partial charge < -0.3 is 9.73 Å². The van der Waals surface area contributed by atoms with Gasteiger partial charge in [0.1, 0.15) is 0 Å². The molecule has 5 nitrogen and oxygen atoms in total. The summed E-state index contributed by atoms with van der Waals surface area (Å²) < 4.78 is 6.82. The van der Waals surface area contributed by atoms with Crippen molar-refractivity contribution in [1.29, 1.82) is 0 Å². The molecule has 0 radical (unpaired) electrons. The van der Waals surface area contributed by atoms with E-state index in [0.717, 1.165) is 28.3 Å². The van der Waals surface area contributed by atoms with Crippen LogP contribution in [0.15, 0.2) is 40.8 Å². The molecule has 1 N–H and O–H groups in total. The number of likely N-dealkylation sites (N-methyl/N-ethyl adjacent to an activating group) is 1. The number of nitrogens with zero attached hydrogens (tertiary/aromatic N) is 2. The van der Waals surface area contributed by atoms with E-state index in [1.165, 1.54) is 0 Å². The maximum Gasteiger partial charge on any atom is 0.287 e. The van der Waals surface area contributed by atoms with Crippen LogP contribution in [-0.2, 0) is 0 Å². The second-order valence-electron chi connectivity index (χ2n) is 6.13. The molecule has 2 aromatic heterocycles. The predicted octanol–water partition coefficient (Wildman–Crippen LogP) is 4.02. The van der Waals surface area contributed by atoms with Gasteiger partial charge in [0.25, 0.3) is 5.91 Å². The van der Waals surface area contributed by atoms with Gasteiger partial charge in [-0.05, 0) is 44.7 Å². The summed E-state index contributed by atoms with van der Waals surface area (Å²) in [5, 5.41) is 3.71. The van der Waals surface area contributed by atoms with Crippen molar-refractivity contribution in [2.45, 2.75) is 26.8 Å². The third-order valence-corrected chi connectivity index (χ3v) is 5.21. The summed E-state index contributed by atoms with van der Waals surface area (Å²) in [7, 11) is 0. The number of nitrogens with one attached hydrogen (secondary N) is 1. The molecule has 0 aliphatic carbocycles. The number of aromatic nitrogens is 1. The summed E-state index contributed by atoms with van der Waals surface area (Å²) in [6.07, 6.45) is 0. The van der Waals surface area contributed by atoms with Crippen LogP contribution < -0.4 is 5.32 Å². The summed E-state index contributed by atoms with van der Waals surface area (Å²) in [5.41, 5.74) is 0.943. The van der Waals surface area contributed by atoms with E-state index in [1.807, 2.05) is 24.3 Å². The minimum Gasteiger partial charge on any atom is -0.448 e. The second-order valence-corrected chi connectivity index (χ2v) is 7.16. The van der Waals surface area contributed by atoms with Crippen molar-refractivity contribution in [2.75, 3.05) is 19.6 Å². The number of amides is 1. The fourth-order valence-corrected chi connectivity index (χ4v) is 3.66. The molecule has 3 rings (SSSR count). The van der Waals surface area contributed by atoms with Crippen molar-refractivity contribution < 1.29 is 9.21 Å². The molecule has 1 amide bonds. The topological polar surface area (TPSA) is 58.4 Å². The van der Waals surface area contributed by atoms with E-state index in [2.05, 4.69) is 36.0 Å². The van der Waals surface area contributed by atoms with Crippen LogP contribution >= 0.6 is 11.3 Å². The maximum absolute atomic E-state index is 12.3. The number of rotatable bonds is 7. The van der Waals surface area contributed by atoms with Gasteiger partial charge in [-0.15, -0.1) is 11.3 Å². The van der Waals surface area contributed by atoms with Crippen molar-refractivity contribution in [3.63, 3.8) is 0 Å². The molecule has 6 heteroatoms. The molecular formula is C19H23N3O2S. The average Bonchev–Trinajstić information content (AvgIpc) is 3.24. The Labute approximate surface area is 151 Å². The van der Waals surface area contributed by atoms with Crippen molar-refractivity contribution in [3.8, 4) is 10.8 Å². The van der Waals surface area contributed by atoms with E-state index in [1.54, 1.807) is 23.5 Å². The zero-order valence-corrected chi connectivity index (χ0v) is 15.6. The van der Waals surface area contributed by atoms with Crippen LogP contribution in [0.4, 0.5) is 0 Å². The number of para-hydroxylation sites is 1. The van der Waals surface area contributed by atoms with Crippen LogP contribution in [0.5, 0.6) is 0 Å². The normalized spacial score (nSPS) is 11.6. The Balaban J connectivity index is 1.63. The molecule has 3 aromatic rings. The highest BCUT2D eigenvalue weighted by atomic mass is 32.1. The van der Waals surface area contributed by atoms with Crippen LogP contribution in [0.3, 0.4) is 0 Å². The highest BCUT2D eigenvalue weighted by molar-refractivity contribution is 7.21. The van der Waals surface area contributed by atoms with E-state index >= 15 is 0 Å². The first kappa shape index (κ1) is 17.6. The van der Waals surface area contributed by atoms with Crippen LogP contribution in [0.2, 0.25) is 0 Å². The monoisotopic (exact) mass is 357 g/mol. The standard InChI is InChI=1S/C19H23N3O2S/c1-4-22(13(2)3)12-11-20-18(23)15-9-10-16(24-15)19-21-14-7-5-6-8-17(14)25-19/h5-10,13H,4,11-12H2,1-3H3,(H,20,23). The quantitative estimate of drug-likeness (QED) is 0.694. The number of carbonyl (C=O) groups excluding carboxylic acids is 1. The average molecular weight is 357 g/mol. The lowest BCUT2D eigenvalue weighted by Gasteiger charge is -2.24. The lowest BCUT2D eigenvalue weighted by atomic mass is 10.3. The first-order valence-electron chi connectivity index (χ1n) is 8.56. The maximum atomic E-state index is 12.3. The van der Waals surface area contributed by atoms with E-state index < -0.39 is 0 Å². The number of hydrogen-bond acceptors (Lipinski definition) is 5. The van der Waals surface area contributed by atoms with Gasteiger partial charge >= 0.3 is 0 Å². The Bertz CT molecular complexity index is 820. The molecule has 0 saturated carbocycles. The molecule has 0 atom stereocenters. The minimum atomic E-state index is -0.188. The molecule has 0 unspecified atom stereocenters. The molecule has 0 bridgehead atoms. The lowest BCUT2D eigenvalue weighted by Crippen LogP contribution is -2.38. The predicted molar refractivity (Wildman–Crippen MR) is 102 cm³/mol. The highest BCUT2D eigenvalue weighted by Crippen LogP contribution is 2.31. The van der Waals surface area contributed by atoms with Crippen molar-refractivity contribution in [3.05, 3.63) is 42.2 Å². The number of furan rings is 1. The molecule has 0 fully saturated rings. The molecule has 0 saturated heterocycles. The Kier molecular flexibility index (Phi) is 5.50. The van der Waals surface area contributed by atoms with Gasteiger partial charge in [-0.2, -0.15) is 0 Å². The number of carbonyl (C=O) groups is 1. The van der Waals surface area contributed by atoms with E-state index in [0.29, 0.717) is 24.1 Å².